The van der Waals surface area contributed by atoms with Crippen molar-refractivity contribution in [1.29, 1.82) is 0 Å². The van der Waals surface area contributed by atoms with Crippen LogP contribution in [-0.2, 0) is 4.74 Å². The van der Waals surface area contributed by atoms with Crippen molar-refractivity contribution in [2.75, 3.05) is 32.1 Å². The van der Waals surface area contributed by atoms with Crippen molar-refractivity contribution >= 4 is 17.7 Å². The summed E-state index contributed by atoms with van der Waals surface area (Å²) in [6, 6.07) is 7.75. The van der Waals surface area contributed by atoms with Crippen LogP contribution in [0.25, 0.3) is 0 Å². The Kier molecular flexibility index (Phi) is 4.84. The minimum atomic E-state index is 0.102. The number of carbonyl (C=O) groups excluding carboxylic acids is 1. The Morgan fingerprint density at radius 3 is 2.83 bits per heavy atom. The first-order valence-corrected chi connectivity index (χ1v) is 7.01. The molecule has 1 aliphatic rings. The van der Waals surface area contributed by atoms with Crippen molar-refractivity contribution in [2.24, 2.45) is 0 Å². The number of morpholine rings is 1. The molecule has 1 aromatic carbocycles. The fourth-order valence-electron chi connectivity index (χ4n) is 1.85. The number of benzene rings is 1. The highest BCUT2D eigenvalue weighted by Crippen LogP contribution is 2.24. The van der Waals surface area contributed by atoms with E-state index in [1.165, 1.54) is 0 Å². The summed E-state index contributed by atoms with van der Waals surface area (Å²) in [5, 5.41) is 0. The highest BCUT2D eigenvalue weighted by Gasteiger charge is 2.20. The summed E-state index contributed by atoms with van der Waals surface area (Å²) in [6.45, 7) is 6.33. The van der Waals surface area contributed by atoms with E-state index in [9.17, 15) is 4.79 Å². The number of amides is 1. The van der Waals surface area contributed by atoms with Crippen molar-refractivity contribution in [3.05, 3.63) is 42.5 Å². The summed E-state index contributed by atoms with van der Waals surface area (Å²) >= 11 is 1.64. The van der Waals surface area contributed by atoms with Gasteiger partial charge in [0.15, 0.2) is 0 Å². The lowest BCUT2D eigenvalue weighted by atomic mass is 10.2. The van der Waals surface area contributed by atoms with Crippen LogP contribution in [0.15, 0.2) is 41.8 Å². The van der Waals surface area contributed by atoms with Crippen molar-refractivity contribution < 1.29 is 9.53 Å². The van der Waals surface area contributed by atoms with E-state index in [2.05, 4.69) is 6.58 Å². The van der Waals surface area contributed by atoms with Gasteiger partial charge < -0.3 is 9.64 Å². The van der Waals surface area contributed by atoms with Crippen LogP contribution in [-0.4, -0.2) is 42.9 Å². The molecule has 0 aromatic heterocycles. The molecule has 4 heteroatoms. The third-order valence-corrected chi connectivity index (χ3v) is 3.84. The summed E-state index contributed by atoms with van der Waals surface area (Å²) in [6.07, 6.45) is 1.85. The Labute approximate surface area is 112 Å². The van der Waals surface area contributed by atoms with E-state index in [1.54, 1.807) is 11.8 Å². The van der Waals surface area contributed by atoms with Gasteiger partial charge in [0.2, 0.25) is 0 Å². The molecule has 0 aliphatic carbocycles. The Morgan fingerprint density at radius 2 is 2.11 bits per heavy atom. The molecule has 0 radical (unpaired) electrons. The number of carbonyl (C=O) groups is 1. The Balaban J connectivity index is 2.15. The summed E-state index contributed by atoms with van der Waals surface area (Å²) in [4.78, 5) is 15.3. The zero-order valence-electron chi connectivity index (χ0n) is 10.3. The largest absolute Gasteiger partial charge is 0.378 e. The van der Waals surface area contributed by atoms with Crippen LogP contribution in [0.3, 0.4) is 0 Å². The smallest absolute Gasteiger partial charge is 0.255 e. The predicted octanol–water partition coefficient (Wildman–Crippen LogP) is 2.44. The zero-order valence-corrected chi connectivity index (χ0v) is 11.1. The Morgan fingerprint density at radius 1 is 1.39 bits per heavy atom. The Bertz CT molecular complexity index is 428. The molecule has 1 fully saturated rings. The molecule has 18 heavy (non-hydrogen) atoms. The zero-order chi connectivity index (χ0) is 12.8. The summed E-state index contributed by atoms with van der Waals surface area (Å²) in [5.41, 5.74) is 0.784. The molecule has 1 aliphatic heterocycles. The van der Waals surface area contributed by atoms with Gasteiger partial charge in [-0.3, -0.25) is 4.79 Å². The van der Waals surface area contributed by atoms with Gasteiger partial charge in [-0.2, -0.15) is 0 Å². The highest BCUT2D eigenvalue weighted by molar-refractivity contribution is 7.99. The normalized spacial score (nSPS) is 15.4. The summed E-state index contributed by atoms with van der Waals surface area (Å²) in [7, 11) is 0. The van der Waals surface area contributed by atoms with Crippen LogP contribution >= 0.6 is 11.8 Å². The lowest BCUT2D eigenvalue weighted by Gasteiger charge is -2.27. The molecule has 0 bridgehead atoms. The summed E-state index contributed by atoms with van der Waals surface area (Å²) < 4.78 is 5.27. The van der Waals surface area contributed by atoms with Crippen LogP contribution in [0, 0.1) is 0 Å². The lowest BCUT2D eigenvalue weighted by Crippen LogP contribution is -2.40. The second-order valence-corrected chi connectivity index (χ2v) is 5.06. The molecular weight excluding hydrogens is 246 g/mol. The molecule has 0 atom stereocenters. The van der Waals surface area contributed by atoms with E-state index in [-0.39, 0.29) is 5.91 Å². The van der Waals surface area contributed by atoms with Crippen LogP contribution in [0.4, 0.5) is 0 Å². The summed E-state index contributed by atoms with van der Waals surface area (Å²) in [5.74, 6) is 0.915. The fourth-order valence-corrected chi connectivity index (χ4v) is 2.64. The Hall–Kier alpha value is -1.26. The molecule has 0 N–H and O–H groups in total. The molecule has 1 aromatic rings. The average molecular weight is 263 g/mol. The van der Waals surface area contributed by atoms with Gasteiger partial charge in [0.05, 0.1) is 18.8 Å². The monoisotopic (exact) mass is 263 g/mol. The number of thioether (sulfide) groups is 1. The van der Waals surface area contributed by atoms with Crippen LogP contribution < -0.4 is 0 Å². The SMILES string of the molecule is C=CCSc1ccccc1C(=O)N1CCOCC1. The molecule has 1 heterocycles. The van der Waals surface area contributed by atoms with E-state index in [4.69, 9.17) is 4.74 Å². The number of ether oxygens (including phenoxy) is 1. The van der Waals surface area contributed by atoms with Gasteiger partial charge in [0.25, 0.3) is 5.91 Å². The van der Waals surface area contributed by atoms with E-state index in [1.807, 2.05) is 35.2 Å². The standard InChI is InChI=1S/C14H17NO2S/c1-2-11-18-13-6-4-3-5-12(13)14(16)15-7-9-17-10-8-15/h2-6H,1,7-11H2. The molecule has 1 saturated heterocycles. The second-order valence-electron chi connectivity index (χ2n) is 4.00. The fraction of sp³-hybridized carbons (Fsp3) is 0.357. The third kappa shape index (κ3) is 3.15. The first kappa shape index (κ1) is 13.2. The number of nitrogens with zero attached hydrogens (tertiary/aromatic N) is 1. The molecule has 96 valence electrons. The minimum Gasteiger partial charge on any atom is -0.378 e. The first-order valence-electron chi connectivity index (χ1n) is 6.02. The van der Waals surface area contributed by atoms with E-state index >= 15 is 0 Å². The topological polar surface area (TPSA) is 29.5 Å². The minimum absolute atomic E-state index is 0.102. The maximum Gasteiger partial charge on any atom is 0.255 e. The van der Waals surface area contributed by atoms with E-state index < -0.39 is 0 Å². The molecule has 0 saturated carbocycles. The van der Waals surface area contributed by atoms with Gasteiger partial charge in [-0.1, -0.05) is 18.2 Å². The molecule has 0 spiro atoms. The molecule has 2 rings (SSSR count). The average Bonchev–Trinajstić information content (AvgIpc) is 2.45. The predicted molar refractivity (Wildman–Crippen MR) is 74.1 cm³/mol. The first-order chi connectivity index (χ1) is 8.83. The van der Waals surface area contributed by atoms with Gasteiger partial charge >= 0.3 is 0 Å². The third-order valence-electron chi connectivity index (χ3n) is 2.77. The van der Waals surface area contributed by atoms with Gasteiger partial charge in [-0.25, -0.2) is 0 Å². The van der Waals surface area contributed by atoms with E-state index in [0.29, 0.717) is 26.3 Å². The lowest BCUT2D eigenvalue weighted by molar-refractivity contribution is 0.0300. The molecule has 1 amide bonds. The number of hydrogen-bond acceptors (Lipinski definition) is 3. The number of rotatable bonds is 4. The van der Waals surface area contributed by atoms with Gasteiger partial charge in [-0.15, -0.1) is 18.3 Å². The van der Waals surface area contributed by atoms with Gasteiger partial charge in [-0.05, 0) is 12.1 Å². The van der Waals surface area contributed by atoms with Crippen LogP contribution in [0.5, 0.6) is 0 Å². The maximum atomic E-state index is 12.4. The maximum absolute atomic E-state index is 12.4. The van der Waals surface area contributed by atoms with Crippen molar-refractivity contribution in [2.45, 2.75) is 4.90 Å². The van der Waals surface area contributed by atoms with E-state index in [0.717, 1.165) is 16.2 Å². The van der Waals surface area contributed by atoms with Crippen molar-refractivity contribution in [3.63, 3.8) is 0 Å². The van der Waals surface area contributed by atoms with Gasteiger partial charge in [0.1, 0.15) is 0 Å². The molecule has 3 nitrogen and oxygen atoms in total. The van der Waals surface area contributed by atoms with Crippen LogP contribution in [0.2, 0.25) is 0 Å². The van der Waals surface area contributed by atoms with Gasteiger partial charge in [0, 0.05) is 23.7 Å². The molecule has 0 unspecified atom stereocenters. The van der Waals surface area contributed by atoms with Crippen LogP contribution in [0.1, 0.15) is 10.4 Å². The van der Waals surface area contributed by atoms with Crippen molar-refractivity contribution in [1.82, 2.24) is 4.90 Å². The quantitative estimate of drug-likeness (QED) is 0.617. The number of hydrogen-bond donors (Lipinski definition) is 0. The second kappa shape index (κ2) is 6.61. The highest BCUT2D eigenvalue weighted by atomic mass is 32.2. The van der Waals surface area contributed by atoms with Crippen molar-refractivity contribution in [3.8, 4) is 0 Å². The molecular formula is C14H17NO2S.